The molecular formula is C15H18N6O2. The van der Waals surface area contributed by atoms with Crippen molar-refractivity contribution in [2.45, 2.75) is 33.2 Å². The molecule has 0 saturated carbocycles. The highest BCUT2D eigenvalue weighted by molar-refractivity contribution is 6.01. The highest BCUT2D eigenvalue weighted by Crippen LogP contribution is 2.27. The molecule has 0 aliphatic carbocycles. The second-order valence-electron chi connectivity index (χ2n) is 5.51. The summed E-state index contributed by atoms with van der Waals surface area (Å²) in [6.07, 6.45) is 4.11. The van der Waals surface area contributed by atoms with Crippen LogP contribution >= 0.6 is 0 Å². The van der Waals surface area contributed by atoms with Gasteiger partial charge in [-0.05, 0) is 37.5 Å². The van der Waals surface area contributed by atoms with Crippen LogP contribution in [0.25, 0.3) is 11.0 Å². The van der Waals surface area contributed by atoms with Gasteiger partial charge in [0.25, 0.3) is 0 Å². The van der Waals surface area contributed by atoms with Gasteiger partial charge in [0.05, 0.1) is 16.7 Å². The van der Waals surface area contributed by atoms with Crippen molar-refractivity contribution in [3.8, 4) is 0 Å². The van der Waals surface area contributed by atoms with Gasteiger partial charge in [0.2, 0.25) is 5.91 Å². The number of imidazole rings is 1. The van der Waals surface area contributed by atoms with Crippen molar-refractivity contribution in [2.75, 3.05) is 5.32 Å². The molecule has 0 radical (unpaired) electrons. The van der Waals surface area contributed by atoms with Gasteiger partial charge < -0.3 is 15.3 Å². The molecule has 1 amide bonds. The largest absolute Gasteiger partial charge is 0.324 e. The third-order valence-corrected chi connectivity index (χ3v) is 3.86. The van der Waals surface area contributed by atoms with Crippen LogP contribution in [0.1, 0.15) is 24.0 Å². The lowest BCUT2D eigenvalue weighted by atomic mass is 10.1. The highest BCUT2D eigenvalue weighted by atomic mass is 16.2. The Morgan fingerprint density at radius 3 is 2.91 bits per heavy atom. The molecule has 0 spiro atoms. The maximum atomic E-state index is 12.2. The Morgan fingerprint density at radius 1 is 1.35 bits per heavy atom. The van der Waals surface area contributed by atoms with Crippen LogP contribution in [0.4, 0.5) is 5.69 Å². The number of fused-ring (bicyclic) bond motifs is 1. The molecule has 3 aromatic rings. The number of anilines is 1. The maximum absolute atomic E-state index is 12.2. The van der Waals surface area contributed by atoms with E-state index in [1.807, 2.05) is 19.9 Å². The molecular weight excluding hydrogens is 296 g/mol. The Kier molecular flexibility index (Phi) is 3.96. The van der Waals surface area contributed by atoms with Crippen molar-refractivity contribution < 1.29 is 4.79 Å². The Balaban J connectivity index is 1.74. The lowest BCUT2D eigenvalue weighted by Crippen LogP contribution is -2.14. The van der Waals surface area contributed by atoms with Crippen molar-refractivity contribution in [2.24, 2.45) is 0 Å². The fourth-order valence-corrected chi connectivity index (χ4v) is 2.52. The van der Waals surface area contributed by atoms with Crippen LogP contribution in [-0.2, 0) is 11.3 Å². The van der Waals surface area contributed by atoms with Gasteiger partial charge in [-0.15, -0.1) is 0 Å². The summed E-state index contributed by atoms with van der Waals surface area (Å²) in [7, 11) is 0. The minimum absolute atomic E-state index is 0.0952. The summed E-state index contributed by atoms with van der Waals surface area (Å²) in [5, 5.41) is 6.91. The smallest absolute Gasteiger partial charge is 0.323 e. The number of amides is 1. The van der Waals surface area contributed by atoms with Crippen LogP contribution in [0, 0.1) is 13.8 Å². The lowest BCUT2D eigenvalue weighted by Gasteiger charge is -2.12. The molecule has 0 bridgehead atoms. The average Bonchev–Trinajstić information content (AvgIpc) is 3.13. The standard InChI is InChI=1S/C15H18N6O2/c1-9-6-11-14(20-15(23)18-11)13(10(9)2)19-12(22)4-3-5-21-8-16-7-17-21/h6-8H,3-5H2,1-2H3,(H,19,22)(H2,18,20,23). The Bertz CT molecular complexity index is 891. The Morgan fingerprint density at radius 2 is 2.17 bits per heavy atom. The zero-order valence-electron chi connectivity index (χ0n) is 13.0. The summed E-state index contributed by atoms with van der Waals surface area (Å²) < 4.78 is 1.69. The second kappa shape index (κ2) is 6.07. The molecule has 0 aliphatic heterocycles. The van der Waals surface area contributed by atoms with Crippen LogP contribution in [0.5, 0.6) is 0 Å². The highest BCUT2D eigenvalue weighted by Gasteiger charge is 2.13. The summed E-state index contributed by atoms with van der Waals surface area (Å²) in [4.78, 5) is 33.0. The van der Waals surface area contributed by atoms with Crippen LogP contribution < -0.4 is 11.0 Å². The molecule has 0 unspecified atom stereocenters. The second-order valence-corrected chi connectivity index (χ2v) is 5.51. The molecule has 1 aromatic carbocycles. The fourth-order valence-electron chi connectivity index (χ4n) is 2.52. The quantitative estimate of drug-likeness (QED) is 0.663. The molecule has 0 atom stereocenters. The van der Waals surface area contributed by atoms with E-state index in [0.29, 0.717) is 36.1 Å². The van der Waals surface area contributed by atoms with E-state index < -0.39 is 0 Å². The van der Waals surface area contributed by atoms with Crippen molar-refractivity contribution in [3.63, 3.8) is 0 Å². The number of carbonyl (C=O) groups excluding carboxylic acids is 1. The molecule has 3 N–H and O–H groups in total. The number of hydrogen-bond acceptors (Lipinski definition) is 4. The van der Waals surface area contributed by atoms with Gasteiger partial charge in [0.1, 0.15) is 12.7 Å². The SMILES string of the molecule is Cc1cc2[nH]c(=O)[nH]c2c(NC(=O)CCCn2cncn2)c1C. The number of aromatic amines is 2. The predicted octanol–water partition coefficient (Wildman–Crippen LogP) is 1.48. The number of aryl methyl sites for hydroxylation is 2. The maximum Gasteiger partial charge on any atom is 0.323 e. The molecule has 8 heteroatoms. The molecule has 0 fully saturated rings. The average molecular weight is 314 g/mol. The number of benzene rings is 1. The molecule has 2 heterocycles. The van der Waals surface area contributed by atoms with E-state index >= 15 is 0 Å². The monoisotopic (exact) mass is 314 g/mol. The van der Waals surface area contributed by atoms with Crippen molar-refractivity contribution in [1.29, 1.82) is 0 Å². The number of hydrogen-bond donors (Lipinski definition) is 3. The summed E-state index contributed by atoms with van der Waals surface area (Å²) in [5.74, 6) is -0.0952. The first-order valence-electron chi connectivity index (χ1n) is 7.39. The van der Waals surface area contributed by atoms with E-state index in [1.54, 1.807) is 11.0 Å². The predicted molar refractivity (Wildman–Crippen MR) is 86.3 cm³/mol. The third kappa shape index (κ3) is 3.15. The van der Waals surface area contributed by atoms with Crippen LogP contribution in [0.3, 0.4) is 0 Å². The molecule has 0 aliphatic rings. The van der Waals surface area contributed by atoms with Gasteiger partial charge in [0.15, 0.2) is 0 Å². The first-order valence-corrected chi connectivity index (χ1v) is 7.39. The third-order valence-electron chi connectivity index (χ3n) is 3.86. The Labute approximate surface area is 131 Å². The van der Waals surface area contributed by atoms with Crippen molar-refractivity contribution in [3.05, 3.63) is 40.3 Å². The lowest BCUT2D eigenvalue weighted by molar-refractivity contribution is -0.116. The number of nitrogens with one attached hydrogen (secondary N) is 3. The molecule has 2 aromatic heterocycles. The number of rotatable bonds is 5. The fraction of sp³-hybridized carbons (Fsp3) is 0.333. The van der Waals surface area contributed by atoms with Crippen LogP contribution in [-0.4, -0.2) is 30.6 Å². The number of nitrogens with zero attached hydrogens (tertiary/aromatic N) is 3. The summed E-state index contributed by atoms with van der Waals surface area (Å²) in [6.45, 7) is 4.50. The van der Waals surface area contributed by atoms with E-state index in [4.69, 9.17) is 0 Å². The first kappa shape index (κ1) is 15.0. The molecule has 0 saturated heterocycles. The molecule has 23 heavy (non-hydrogen) atoms. The van der Waals surface area contributed by atoms with Crippen molar-refractivity contribution in [1.82, 2.24) is 24.7 Å². The Hall–Kier alpha value is -2.90. The topological polar surface area (TPSA) is 108 Å². The van der Waals surface area contributed by atoms with Gasteiger partial charge in [-0.25, -0.2) is 9.78 Å². The van der Waals surface area contributed by atoms with E-state index in [0.717, 1.165) is 11.1 Å². The summed E-state index contributed by atoms with van der Waals surface area (Å²) >= 11 is 0. The summed E-state index contributed by atoms with van der Waals surface area (Å²) in [5.41, 5.74) is 3.64. The van der Waals surface area contributed by atoms with Gasteiger partial charge in [-0.3, -0.25) is 9.48 Å². The minimum atomic E-state index is -0.285. The van der Waals surface area contributed by atoms with Gasteiger partial charge in [0, 0.05) is 13.0 Å². The van der Waals surface area contributed by atoms with Crippen LogP contribution in [0.15, 0.2) is 23.5 Å². The van der Waals surface area contributed by atoms with Gasteiger partial charge >= 0.3 is 5.69 Å². The van der Waals surface area contributed by atoms with E-state index in [-0.39, 0.29) is 11.6 Å². The van der Waals surface area contributed by atoms with E-state index in [9.17, 15) is 9.59 Å². The number of aromatic nitrogens is 5. The zero-order chi connectivity index (χ0) is 16.4. The summed E-state index contributed by atoms with van der Waals surface area (Å²) in [6, 6.07) is 1.89. The van der Waals surface area contributed by atoms with E-state index in [1.165, 1.54) is 6.33 Å². The minimum Gasteiger partial charge on any atom is -0.324 e. The van der Waals surface area contributed by atoms with Gasteiger partial charge in [-0.2, -0.15) is 5.10 Å². The molecule has 120 valence electrons. The first-order chi connectivity index (χ1) is 11.0. The molecule has 3 rings (SSSR count). The van der Waals surface area contributed by atoms with E-state index in [2.05, 4.69) is 25.4 Å². The number of H-pyrrole nitrogens is 2. The zero-order valence-corrected chi connectivity index (χ0v) is 13.0. The normalized spacial score (nSPS) is 11.0. The van der Waals surface area contributed by atoms with Crippen molar-refractivity contribution >= 4 is 22.6 Å². The molecule has 8 nitrogen and oxygen atoms in total. The van der Waals surface area contributed by atoms with Gasteiger partial charge in [-0.1, -0.05) is 0 Å². The van der Waals surface area contributed by atoms with Crippen LogP contribution in [0.2, 0.25) is 0 Å². The number of carbonyl (C=O) groups is 1.